The van der Waals surface area contributed by atoms with Gasteiger partial charge in [0.1, 0.15) is 41.5 Å². The highest BCUT2D eigenvalue weighted by Crippen LogP contribution is 2.44. The Labute approximate surface area is 390 Å². The molecule has 5 amide bonds. The van der Waals surface area contributed by atoms with Gasteiger partial charge in [0.2, 0.25) is 17.8 Å². The van der Waals surface area contributed by atoms with Crippen LogP contribution < -0.4 is 21.3 Å². The van der Waals surface area contributed by atoms with Gasteiger partial charge in [0.15, 0.2) is 0 Å². The Bertz CT molecular complexity index is 2050. The van der Waals surface area contributed by atoms with Crippen molar-refractivity contribution in [1.82, 2.24) is 26.2 Å². The Balaban J connectivity index is 1.58. The number of hydrogen-bond acceptors (Lipinski definition) is 11. The number of carbonyl (C=O) groups excluding carboxylic acids is 6. The standard InChI is InChI=1S/C50H72N6O10/c1-14-32-28-56(40(31(32)4)41(57)52-39(27-30(2)3)43(59)64-48(5,6)7)42(58)38(53-45(60)63-29-37-35-23-17-15-21-33(35)34-22-16-18-24-36(34)37)25-19-20-26-51-44(54-46(61)65-49(8,9)10)55-47(62)66-50(11,12)13/h14-18,21-24,30-31,37-40H,19-20,25-29H2,1-13H3,(H,52,57)(H,53,60)(H2,51,54,55,61,62)/b32-14+/t31-,38-,39-,40-/m0/s1. The average molecular weight is 917 g/mol. The summed E-state index contributed by atoms with van der Waals surface area (Å²) < 4.78 is 22.3. The van der Waals surface area contributed by atoms with E-state index in [0.29, 0.717) is 19.3 Å². The molecule has 0 saturated carbocycles. The normalized spacial score (nSPS) is 17.5. The van der Waals surface area contributed by atoms with Crippen LogP contribution in [-0.4, -0.2) is 102 Å². The molecule has 0 unspecified atom stereocenters. The molecular formula is C50H72N6O10. The zero-order valence-corrected chi connectivity index (χ0v) is 41.1. The van der Waals surface area contributed by atoms with E-state index in [-0.39, 0.29) is 43.9 Å². The number of benzene rings is 2. The van der Waals surface area contributed by atoms with Crippen LogP contribution in [-0.2, 0) is 33.3 Å². The van der Waals surface area contributed by atoms with Gasteiger partial charge in [-0.1, -0.05) is 75.4 Å². The molecule has 2 aromatic rings. The first-order chi connectivity index (χ1) is 30.8. The van der Waals surface area contributed by atoms with Gasteiger partial charge in [0, 0.05) is 24.9 Å². The van der Waals surface area contributed by atoms with E-state index in [1.807, 2.05) is 82.3 Å². The maximum atomic E-state index is 14.8. The molecule has 4 N–H and O–H groups in total. The largest absolute Gasteiger partial charge is 0.458 e. The molecule has 2 aliphatic rings. The van der Waals surface area contributed by atoms with Crippen molar-refractivity contribution in [1.29, 1.82) is 0 Å². The van der Waals surface area contributed by atoms with Crippen molar-refractivity contribution >= 4 is 42.0 Å². The summed E-state index contributed by atoms with van der Waals surface area (Å²) in [6, 6.07) is 12.8. The maximum absolute atomic E-state index is 14.8. The van der Waals surface area contributed by atoms with E-state index < -0.39 is 76.9 Å². The number of nitrogens with zero attached hydrogens (tertiary/aromatic N) is 2. The Morgan fingerprint density at radius 1 is 0.742 bits per heavy atom. The van der Waals surface area contributed by atoms with Crippen LogP contribution in [0.5, 0.6) is 0 Å². The van der Waals surface area contributed by atoms with E-state index in [1.165, 1.54) is 4.90 Å². The van der Waals surface area contributed by atoms with Crippen LogP contribution in [0.1, 0.15) is 133 Å². The van der Waals surface area contributed by atoms with E-state index >= 15 is 0 Å². The molecule has 1 aliphatic heterocycles. The first-order valence-electron chi connectivity index (χ1n) is 22.9. The molecule has 66 heavy (non-hydrogen) atoms. The number of unbranched alkanes of at least 4 members (excludes halogenated alkanes) is 1. The number of carbonyl (C=O) groups is 6. The van der Waals surface area contributed by atoms with Crippen LogP contribution in [0.2, 0.25) is 0 Å². The lowest BCUT2D eigenvalue weighted by Gasteiger charge is -2.31. The summed E-state index contributed by atoms with van der Waals surface area (Å²) in [5.41, 5.74) is 2.61. The smallest absolute Gasteiger partial charge is 0.414 e. The molecular weight excluding hydrogens is 845 g/mol. The van der Waals surface area contributed by atoms with E-state index in [1.54, 1.807) is 62.3 Å². The Kier molecular flexibility index (Phi) is 18.0. The van der Waals surface area contributed by atoms with Crippen LogP contribution in [0, 0.1) is 11.8 Å². The highest BCUT2D eigenvalue weighted by molar-refractivity contribution is 6.01. The van der Waals surface area contributed by atoms with Gasteiger partial charge in [-0.3, -0.25) is 25.2 Å². The zero-order valence-electron chi connectivity index (χ0n) is 41.1. The van der Waals surface area contributed by atoms with Gasteiger partial charge in [-0.25, -0.2) is 19.2 Å². The van der Waals surface area contributed by atoms with Crippen LogP contribution in [0.15, 0.2) is 65.2 Å². The molecule has 16 nitrogen and oxygen atoms in total. The fraction of sp³-hybridized carbons (Fsp3) is 0.580. The van der Waals surface area contributed by atoms with Crippen molar-refractivity contribution < 1.29 is 47.7 Å². The number of rotatable bonds is 14. The zero-order chi connectivity index (χ0) is 49.1. The van der Waals surface area contributed by atoms with Gasteiger partial charge in [-0.2, -0.15) is 0 Å². The average Bonchev–Trinajstić information content (AvgIpc) is 3.70. The summed E-state index contributed by atoms with van der Waals surface area (Å²) in [5.74, 6) is -2.36. The summed E-state index contributed by atoms with van der Waals surface area (Å²) in [4.78, 5) is 87.5. The van der Waals surface area contributed by atoms with Gasteiger partial charge in [0.05, 0.1) is 0 Å². The van der Waals surface area contributed by atoms with Crippen LogP contribution in [0.3, 0.4) is 0 Å². The number of alkyl carbamates (subject to hydrolysis) is 3. The summed E-state index contributed by atoms with van der Waals surface area (Å²) >= 11 is 0. The number of nitrogens with one attached hydrogen (secondary N) is 4. The second-order valence-corrected chi connectivity index (χ2v) is 20.3. The summed E-state index contributed by atoms with van der Waals surface area (Å²) in [7, 11) is 0. The minimum atomic E-state index is -1.14. The number of hydrogen-bond donors (Lipinski definition) is 4. The first-order valence-corrected chi connectivity index (χ1v) is 22.9. The number of allylic oxidation sites excluding steroid dienone is 1. The third kappa shape index (κ3) is 15.6. The number of esters is 1. The molecule has 0 bridgehead atoms. The second kappa shape index (κ2) is 22.5. The van der Waals surface area contributed by atoms with E-state index in [0.717, 1.165) is 27.8 Å². The molecule has 4 rings (SSSR count). The topological polar surface area (TPSA) is 203 Å². The quantitative estimate of drug-likeness (QED) is 0.0358. The first kappa shape index (κ1) is 52.7. The number of ether oxygens (including phenoxy) is 4. The van der Waals surface area contributed by atoms with Crippen molar-refractivity contribution in [2.24, 2.45) is 16.8 Å². The van der Waals surface area contributed by atoms with E-state index in [4.69, 9.17) is 18.9 Å². The fourth-order valence-corrected chi connectivity index (χ4v) is 7.97. The van der Waals surface area contributed by atoms with E-state index in [2.05, 4.69) is 26.3 Å². The number of guanidine groups is 1. The summed E-state index contributed by atoms with van der Waals surface area (Å²) in [6.45, 7) is 23.3. The summed E-state index contributed by atoms with van der Waals surface area (Å²) in [6.07, 6.45) is 0.513. The van der Waals surface area contributed by atoms with Crippen molar-refractivity contribution in [2.45, 2.75) is 157 Å². The minimum absolute atomic E-state index is 0.0178. The van der Waals surface area contributed by atoms with Crippen molar-refractivity contribution in [3.63, 3.8) is 0 Å². The van der Waals surface area contributed by atoms with Crippen molar-refractivity contribution in [3.05, 3.63) is 71.3 Å². The number of likely N-dealkylation sites (tertiary alicyclic amines) is 1. The van der Waals surface area contributed by atoms with Gasteiger partial charge >= 0.3 is 24.2 Å². The molecule has 16 heteroatoms. The lowest BCUT2D eigenvalue weighted by molar-refractivity contribution is -0.159. The Hall–Kier alpha value is -5.93. The monoisotopic (exact) mass is 917 g/mol. The highest BCUT2D eigenvalue weighted by Gasteiger charge is 2.45. The van der Waals surface area contributed by atoms with Gasteiger partial charge in [-0.15, -0.1) is 0 Å². The van der Waals surface area contributed by atoms with Crippen molar-refractivity contribution in [3.8, 4) is 11.1 Å². The molecule has 0 spiro atoms. The lowest BCUT2D eigenvalue weighted by atomic mass is 9.96. The van der Waals surface area contributed by atoms with Gasteiger partial charge in [0.25, 0.3) is 0 Å². The van der Waals surface area contributed by atoms with Crippen molar-refractivity contribution in [2.75, 3.05) is 19.7 Å². The molecule has 362 valence electrons. The molecule has 4 atom stereocenters. The number of aliphatic imine (C=N–C) groups is 1. The minimum Gasteiger partial charge on any atom is -0.458 e. The number of fused-ring (bicyclic) bond motifs is 3. The molecule has 1 aliphatic carbocycles. The highest BCUT2D eigenvalue weighted by atomic mass is 16.6. The summed E-state index contributed by atoms with van der Waals surface area (Å²) in [5, 5.41) is 10.6. The van der Waals surface area contributed by atoms with E-state index in [9.17, 15) is 28.8 Å². The third-order valence-electron chi connectivity index (χ3n) is 10.7. The predicted molar refractivity (Wildman–Crippen MR) is 253 cm³/mol. The maximum Gasteiger partial charge on any atom is 0.414 e. The molecule has 1 heterocycles. The van der Waals surface area contributed by atoms with Crippen LogP contribution in [0.25, 0.3) is 11.1 Å². The molecule has 1 saturated heterocycles. The van der Waals surface area contributed by atoms with Gasteiger partial charge < -0.3 is 34.5 Å². The van der Waals surface area contributed by atoms with Crippen LogP contribution >= 0.6 is 0 Å². The molecule has 1 fully saturated rings. The lowest BCUT2D eigenvalue weighted by Crippen LogP contribution is -2.57. The Morgan fingerprint density at radius 3 is 1.77 bits per heavy atom. The molecule has 0 aromatic heterocycles. The predicted octanol–water partition coefficient (Wildman–Crippen LogP) is 8.14. The second-order valence-electron chi connectivity index (χ2n) is 20.3. The molecule has 2 aromatic carbocycles. The van der Waals surface area contributed by atoms with Gasteiger partial charge in [-0.05, 0) is 129 Å². The SMILES string of the molecule is C/C=C1\CN(C(=O)[C@H](CCCCN=C(NC(=O)OC(C)(C)C)NC(=O)OC(C)(C)C)NC(=O)OCC2c3ccccc3-c3ccccc32)[C@H](C(=O)N[C@@H](CC(C)C)C(=O)OC(C)(C)C)[C@H]1C. The molecule has 0 radical (unpaired) electrons. The number of amides is 5. The fourth-order valence-electron chi connectivity index (χ4n) is 7.97. The Morgan fingerprint density at radius 2 is 1.27 bits per heavy atom. The third-order valence-corrected chi connectivity index (χ3v) is 10.7. The van der Waals surface area contributed by atoms with Crippen LogP contribution in [0.4, 0.5) is 14.4 Å².